The molecule has 0 bridgehead atoms. The van der Waals surface area contributed by atoms with E-state index < -0.39 is 0 Å². The maximum absolute atomic E-state index is 13.5. The van der Waals surface area contributed by atoms with Crippen LogP contribution in [0.4, 0.5) is 4.39 Å². The van der Waals surface area contributed by atoms with Gasteiger partial charge in [0, 0.05) is 16.8 Å². The maximum Gasteiger partial charge on any atom is 0.165 e. The Morgan fingerprint density at radius 1 is 1.24 bits per heavy atom. The number of ether oxygens (including phenoxy) is 1. The molecule has 0 fully saturated rings. The lowest BCUT2D eigenvalue weighted by Crippen LogP contribution is -2.02. The molecule has 0 unspecified atom stereocenters. The Labute approximate surface area is 128 Å². The molecule has 1 aromatic heterocycles. The summed E-state index contributed by atoms with van der Waals surface area (Å²) in [6.45, 7) is 0. The number of aryl methyl sites for hydroxylation is 1. The van der Waals surface area contributed by atoms with Gasteiger partial charge in [-0.1, -0.05) is 18.6 Å². The first-order chi connectivity index (χ1) is 10.2. The molecule has 0 atom stereocenters. The van der Waals surface area contributed by atoms with Crippen molar-refractivity contribution in [2.75, 3.05) is 7.11 Å². The second-order valence-corrected chi connectivity index (χ2v) is 5.64. The fourth-order valence-corrected chi connectivity index (χ4v) is 3.06. The van der Waals surface area contributed by atoms with Crippen molar-refractivity contribution in [3.8, 4) is 17.1 Å². The van der Waals surface area contributed by atoms with E-state index in [2.05, 4.69) is 9.97 Å². The van der Waals surface area contributed by atoms with Gasteiger partial charge in [0.25, 0.3) is 0 Å². The molecule has 2 aromatic rings. The number of fused-ring (bicyclic) bond motifs is 1. The molecule has 0 aliphatic heterocycles. The molecule has 0 saturated carbocycles. The highest BCUT2D eigenvalue weighted by Crippen LogP contribution is 2.26. The number of H-pyrrole nitrogens is 1. The van der Waals surface area contributed by atoms with Crippen LogP contribution in [0.1, 0.15) is 30.5 Å². The number of nitrogens with zero attached hydrogens (tertiary/aromatic N) is 1. The van der Waals surface area contributed by atoms with Crippen LogP contribution in [-0.2, 0) is 12.8 Å². The van der Waals surface area contributed by atoms with Crippen LogP contribution in [-0.4, -0.2) is 17.1 Å². The van der Waals surface area contributed by atoms with Gasteiger partial charge in [0.15, 0.2) is 11.6 Å². The lowest BCUT2D eigenvalue weighted by molar-refractivity contribution is 0.386. The van der Waals surface area contributed by atoms with Gasteiger partial charge in [-0.25, -0.2) is 9.37 Å². The molecule has 3 rings (SSSR count). The Balaban J connectivity index is 2.09. The molecule has 1 aliphatic carbocycles. The summed E-state index contributed by atoms with van der Waals surface area (Å²) in [5, 5.41) is 0. The minimum atomic E-state index is -0.380. The van der Waals surface area contributed by atoms with E-state index in [1.165, 1.54) is 30.9 Å². The average Bonchev–Trinajstić information content (AvgIpc) is 2.73. The number of hydrogen-bond donors (Lipinski definition) is 1. The number of nitrogens with one attached hydrogen (secondary N) is 1. The predicted molar refractivity (Wildman–Crippen MR) is 82.6 cm³/mol. The summed E-state index contributed by atoms with van der Waals surface area (Å²) in [5.41, 5.74) is 3.12. The third-order valence-corrected chi connectivity index (χ3v) is 4.22. The smallest absolute Gasteiger partial charge is 0.165 e. The lowest BCUT2D eigenvalue weighted by atomic mass is 10.1. The van der Waals surface area contributed by atoms with E-state index in [1.54, 1.807) is 12.1 Å². The molecule has 0 spiro atoms. The van der Waals surface area contributed by atoms with Crippen molar-refractivity contribution in [2.24, 2.45) is 0 Å². The third-order valence-electron chi connectivity index (χ3n) is 3.88. The zero-order valence-corrected chi connectivity index (χ0v) is 12.7. The first-order valence-electron chi connectivity index (χ1n) is 7.15. The van der Waals surface area contributed by atoms with Crippen molar-refractivity contribution in [1.29, 1.82) is 0 Å². The first-order valence-corrected chi connectivity index (χ1v) is 7.56. The standard InChI is InChI=1S/C16H17FN2OS/c1-20-14-9-10(7-8-12(14)17)15-18-13-6-4-2-3-5-11(13)16(21)19-15/h7-9H,2-6H2,1H3,(H,18,19,21). The van der Waals surface area contributed by atoms with Crippen LogP contribution < -0.4 is 4.74 Å². The third kappa shape index (κ3) is 2.83. The average molecular weight is 304 g/mol. The number of hydrogen-bond acceptors (Lipinski definition) is 3. The van der Waals surface area contributed by atoms with E-state index >= 15 is 0 Å². The van der Waals surface area contributed by atoms with Gasteiger partial charge >= 0.3 is 0 Å². The Kier molecular flexibility index (Phi) is 4.01. The zero-order chi connectivity index (χ0) is 14.8. The van der Waals surface area contributed by atoms with Crippen molar-refractivity contribution in [1.82, 2.24) is 9.97 Å². The zero-order valence-electron chi connectivity index (χ0n) is 11.9. The molecule has 3 nitrogen and oxygen atoms in total. The first kappa shape index (κ1) is 14.2. The van der Waals surface area contributed by atoms with Crippen LogP contribution in [0.5, 0.6) is 5.75 Å². The SMILES string of the molecule is COc1cc(-c2nc(=S)c3c([nH]2)CCCCC3)ccc1F. The maximum atomic E-state index is 13.5. The Bertz CT molecular complexity index is 727. The number of benzene rings is 1. The fourth-order valence-electron chi connectivity index (χ4n) is 2.74. The summed E-state index contributed by atoms with van der Waals surface area (Å²) in [7, 11) is 1.45. The molecule has 110 valence electrons. The summed E-state index contributed by atoms with van der Waals surface area (Å²) in [5.74, 6) is 0.511. The summed E-state index contributed by atoms with van der Waals surface area (Å²) in [6.07, 6.45) is 5.53. The number of rotatable bonds is 2. The molecule has 21 heavy (non-hydrogen) atoms. The number of halogens is 1. The molecule has 1 N–H and O–H groups in total. The topological polar surface area (TPSA) is 37.9 Å². The summed E-state index contributed by atoms with van der Waals surface area (Å²) in [6, 6.07) is 4.72. The van der Waals surface area contributed by atoms with Gasteiger partial charge in [-0.05, 0) is 43.9 Å². The Hall–Kier alpha value is -1.75. The van der Waals surface area contributed by atoms with Gasteiger partial charge in [0.1, 0.15) is 10.5 Å². The van der Waals surface area contributed by atoms with Crippen molar-refractivity contribution < 1.29 is 9.13 Å². The summed E-state index contributed by atoms with van der Waals surface area (Å²) < 4.78 is 19.2. The highest BCUT2D eigenvalue weighted by molar-refractivity contribution is 7.71. The lowest BCUT2D eigenvalue weighted by Gasteiger charge is -2.10. The summed E-state index contributed by atoms with van der Waals surface area (Å²) in [4.78, 5) is 7.86. The molecule has 0 radical (unpaired) electrons. The van der Waals surface area contributed by atoms with E-state index in [9.17, 15) is 4.39 Å². The van der Waals surface area contributed by atoms with Crippen molar-refractivity contribution in [3.63, 3.8) is 0 Å². The molecule has 0 amide bonds. The summed E-state index contributed by atoms with van der Waals surface area (Å²) >= 11 is 5.44. The molecule has 1 aromatic carbocycles. The van der Waals surface area contributed by atoms with E-state index in [1.807, 2.05) is 0 Å². The number of aromatic nitrogens is 2. The molecular formula is C16H17FN2OS. The van der Waals surface area contributed by atoms with Crippen LogP contribution in [0.15, 0.2) is 18.2 Å². The van der Waals surface area contributed by atoms with E-state index in [-0.39, 0.29) is 11.6 Å². The molecule has 5 heteroatoms. The number of aromatic amines is 1. The highest BCUT2D eigenvalue weighted by Gasteiger charge is 2.14. The molecular weight excluding hydrogens is 287 g/mol. The second-order valence-electron chi connectivity index (χ2n) is 5.26. The van der Waals surface area contributed by atoms with Crippen LogP contribution in [0.2, 0.25) is 0 Å². The van der Waals surface area contributed by atoms with Gasteiger partial charge in [0.2, 0.25) is 0 Å². The van der Waals surface area contributed by atoms with Gasteiger partial charge in [-0.3, -0.25) is 0 Å². The van der Waals surface area contributed by atoms with E-state index in [0.717, 1.165) is 31.2 Å². The van der Waals surface area contributed by atoms with Crippen LogP contribution in [0.3, 0.4) is 0 Å². The fraction of sp³-hybridized carbons (Fsp3) is 0.375. The highest BCUT2D eigenvalue weighted by atomic mass is 32.1. The molecule has 1 heterocycles. The molecule has 1 aliphatic rings. The van der Waals surface area contributed by atoms with Gasteiger partial charge < -0.3 is 9.72 Å². The minimum absolute atomic E-state index is 0.212. The molecule has 0 saturated heterocycles. The monoisotopic (exact) mass is 304 g/mol. The quantitative estimate of drug-likeness (QED) is 0.666. The second kappa shape index (κ2) is 5.93. The van der Waals surface area contributed by atoms with Crippen LogP contribution >= 0.6 is 12.2 Å². The van der Waals surface area contributed by atoms with Crippen molar-refractivity contribution >= 4 is 12.2 Å². The van der Waals surface area contributed by atoms with E-state index in [4.69, 9.17) is 17.0 Å². The Morgan fingerprint density at radius 3 is 2.86 bits per heavy atom. The van der Waals surface area contributed by atoms with E-state index in [0.29, 0.717) is 10.5 Å². The Morgan fingerprint density at radius 2 is 2.05 bits per heavy atom. The van der Waals surface area contributed by atoms with Crippen LogP contribution in [0, 0.1) is 10.5 Å². The van der Waals surface area contributed by atoms with Gasteiger partial charge in [0.05, 0.1) is 7.11 Å². The van der Waals surface area contributed by atoms with Crippen LogP contribution in [0.25, 0.3) is 11.4 Å². The minimum Gasteiger partial charge on any atom is -0.494 e. The predicted octanol–water partition coefficient (Wildman–Crippen LogP) is 4.22. The van der Waals surface area contributed by atoms with Crippen molar-refractivity contribution in [2.45, 2.75) is 32.1 Å². The van der Waals surface area contributed by atoms with Gasteiger partial charge in [-0.2, -0.15) is 0 Å². The normalized spacial score (nSPS) is 14.4. The van der Waals surface area contributed by atoms with Gasteiger partial charge in [-0.15, -0.1) is 0 Å². The number of methoxy groups -OCH3 is 1. The largest absolute Gasteiger partial charge is 0.494 e. The van der Waals surface area contributed by atoms with Crippen molar-refractivity contribution in [3.05, 3.63) is 39.9 Å².